The summed E-state index contributed by atoms with van der Waals surface area (Å²) in [6.07, 6.45) is 0. The fourth-order valence-electron chi connectivity index (χ4n) is 2.20. The van der Waals surface area contributed by atoms with Gasteiger partial charge in [0.2, 0.25) is 0 Å². The Labute approximate surface area is 117 Å². The third-order valence-electron chi connectivity index (χ3n) is 3.02. The zero-order valence-corrected chi connectivity index (χ0v) is 12.0. The zero-order valence-electron chi connectivity index (χ0n) is 12.0. The van der Waals surface area contributed by atoms with E-state index >= 15 is 0 Å². The van der Waals surface area contributed by atoms with Crippen LogP contribution in [0.4, 0.5) is 17.3 Å². The summed E-state index contributed by atoms with van der Waals surface area (Å²) in [5.41, 5.74) is 2.59. The molecule has 7 nitrogen and oxygen atoms in total. The SMILES string of the molecule is CCNc1cc2c(cc1NCC)[n+]([O-])c(NCC)n2O. The summed E-state index contributed by atoms with van der Waals surface area (Å²) in [6, 6.07) is 3.52. The summed E-state index contributed by atoms with van der Waals surface area (Å²) in [6.45, 7) is 7.92. The molecule has 1 aromatic heterocycles. The molecule has 0 atom stereocenters. The molecule has 1 aromatic carbocycles. The van der Waals surface area contributed by atoms with E-state index in [1.165, 1.54) is 0 Å². The quantitative estimate of drug-likeness (QED) is 0.368. The van der Waals surface area contributed by atoms with Crippen molar-refractivity contribution in [2.24, 2.45) is 0 Å². The molecule has 7 heteroatoms. The molecule has 0 aliphatic rings. The third-order valence-corrected chi connectivity index (χ3v) is 3.02. The Morgan fingerprint density at radius 2 is 1.60 bits per heavy atom. The molecule has 0 amide bonds. The van der Waals surface area contributed by atoms with Crippen molar-refractivity contribution in [2.75, 3.05) is 35.6 Å². The van der Waals surface area contributed by atoms with Gasteiger partial charge in [0.25, 0.3) is 0 Å². The van der Waals surface area contributed by atoms with E-state index in [2.05, 4.69) is 16.0 Å². The first-order chi connectivity index (χ1) is 9.63. The van der Waals surface area contributed by atoms with Gasteiger partial charge in [-0.3, -0.25) is 5.32 Å². The van der Waals surface area contributed by atoms with Crippen LogP contribution in [-0.4, -0.2) is 29.6 Å². The maximum Gasteiger partial charge on any atom is 0.395 e. The highest BCUT2D eigenvalue weighted by molar-refractivity contribution is 5.87. The number of benzene rings is 1. The van der Waals surface area contributed by atoms with E-state index in [0.29, 0.717) is 22.3 Å². The third kappa shape index (κ3) is 2.26. The minimum absolute atomic E-state index is 0.124. The van der Waals surface area contributed by atoms with Gasteiger partial charge in [0.05, 0.1) is 17.9 Å². The standard InChI is InChI=1S/C13H21N5O2/c1-4-14-9-7-11-12(8-10(9)15-5-2)18(20)13(16-6-3)17(11)19/h7-8,14-16,19H,4-6H2,1-3H3. The largest absolute Gasteiger partial charge is 0.740 e. The molecule has 0 radical (unpaired) electrons. The Bertz CT molecular complexity index is 560. The summed E-state index contributed by atoms with van der Waals surface area (Å²) in [5, 5.41) is 31.6. The molecule has 1 heterocycles. The first-order valence-electron chi connectivity index (χ1n) is 6.86. The van der Waals surface area contributed by atoms with Crippen LogP contribution in [0, 0.1) is 5.21 Å². The van der Waals surface area contributed by atoms with Crippen LogP contribution in [0.3, 0.4) is 0 Å². The number of fused-ring (bicyclic) bond motifs is 1. The van der Waals surface area contributed by atoms with Crippen molar-refractivity contribution < 1.29 is 9.94 Å². The number of nitrogens with one attached hydrogen (secondary N) is 3. The van der Waals surface area contributed by atoms with Gasteiger partial charge in [0.1, 0.15) is 5.52 Å². The number of hydrogen-bond acceptors (Lipinski definition) is 5. The fraction of sp³-hybridized carbons (Fsp3) is 0.462. The van der Waals surface area contributed by atoms with E-state index in [1.54, 1.807) is 12.1 Å². The minimum atomic E-state index is 0.124. The van der Waals surface area contributed by atoms with E-state index in [-0.39, 0.29) is 5.95 Å². The van der Waals surface area contributed by atoms with Gasteiger partial charge in [0.15, 0.2) is 5.52 Å². The number of anilines is 3. The molecule has 0 aliphatic carbocycles. The second kappa shape index (κ2) is 5.77. The van der Waals surface area contributed by atoms with Crippen molar-refractivity contribution in [3.63, 3.8) is 0 Å². The Balaban J connectivity index is 2.64. The molecular weight excluding hydrogens is 258 g/mol. The number of aromatic nitrogens is 2. The van der Waals surface area contributed by atoms with E-state index in [0.717, 1.165) is 29.2 Å². The molecule has 0 spiro atoms. The monoisotopic (exact) mass is 279 g/mol. The molecule has 110 valence electrons. The van der Waals surface area contributed by atoms with Crippen LogP contribution in [0.2, 0.25) is 0 Å². The number of hydrogen-bond donors (Lipinski definition) is 4. The zero-order chi connectivity index (χ0) is 14.7. The van der Waals surface area contributed by atoms with Gasteiger partial charge in [0, 0.05) is 25.2 Å². The van der Waals surface area contributed by atoms with Crippen molar-refractivity contribution in [1.29, 1.82) is 0 Å². The molecular formula is C13H21N5O2. The van der Waals surface area contributed by atoms with Crippen molar-refractivity contribution in [1.82, 2.24) is 4.73 Å². The lowest BCUT2D eigenvalue weighted by atomic mass is 10.2. The van der Waals surface area contributed by atoms with Gasteiger partial charge in [-0.05, 0) is 20.8 Å². The molecule has 0 aliphatic heterocycles. The van der Waals surface area contributed by atoms with E-state index < -0.39 is 0 Å². The Morgan fingerprint density at radius 3 is 2.15 bits per heavy atom. The summed E-state index contributed by atoms with van der Waals surface area (Å²) in [4.78, 5) is 0. The average molecular weight is 279 g/mol. The Kier molecular flexibility index (Phi) is 4.07. The Hall–Kier alpha value is -2.31. The lowest BCUT2D eigenvalue weighted by molar-refractivity contribution is -0.563. The molecule has 2 rings (SSSR count). The highest BCUT2D eigenvalue weighted by Crippen LogP contribution is 2.28. The van der Waals surface area contributed by atoms with Gasteiger partial charge in [-0.1, -0.05) is 4.73 Å². The summed E-state index contributed by atoms with van der Waals surface area (Å²) in [7, 11) is 0. The molecule has 0 fully saturated rings. The number of imidazole rings is 1. The van der Waals surface area contributed by atoms with Crippen LogP contribution in [0.5, 0.6) is 0 Å². The lowest BCUT2D eigenvalue weighted by Crippen LogP contribution is -2.30. The van der Waals surface area contributed by atoms with Crippen LogP contribution in [0.25, 0.3) is 11.0 Å². The smallest absolute Gasteiger partial charge is 0.395 e. The molecule has 4 N–H and O–H groups in total. The van der Waals surface area contributed by atoms with Gasteiger partial charge in [-0.15, -0.1) is 0 Å². The predicted octanol–water partition coefficient (Wildman–Crippen LogP) is 1.81. The van der Waals surface area contributed by atoms with Gasteiger partial charge < -0.3 is 21.0 Å². The number of rotatable bonds is 6. The van der Waals surface area contributed by atoms with Crippen LogP contribution >= 0.6 is 0 Å². The summed E-state index contributed by atoms with van der Waals surface area (Å²) in [5.74, 6) is 0.124. The average Bonchev–Trinajstić information content (AvgIpc) is 2.65. The maximum atomic E-state index is 12.2. The van der Waals surface area contributed by atoms with Crippen LogP contribution in [0.15, 0.2) is 12.1 Å². The van der Waals surface area contributed by atoms with Crippen molar-refractivity contribution in [3.8, 4) is 0 Å². The van der Waals surface area contributed by atoms with Crippen molar-refractivity contribution in [3.05, 3.63) is 17.3 Å². The first-order valence-corrected chi connectivity index (χ1v) is 6.86. The lowest BCUT2D eigenvalue weighted by Gasteiger charge is -2.12. The van der Waals surface area contributed by atoms with Gasteiger partial charge in [-0.2, -0.15) is 0 Å². The highest BCUT2D eigenvalue weighted by Gasteiger charge is 2.21. The Morgan fingerprint density at radius 1 is 1.05 bits per heavy atom. The van der Waals surface area contributed by atoms with Crippen LogP contribution in [-0.2, 0) is 0 Å². The van der Waals surface area contributed by atoms with E-state index in [1.807, 2.05) is 20.8 Å². The molecule has 2 aromatic rings. The second-order valence-electron chi connectivity index (χ2n) is 4.41. The van der Waals surface area contributed by atoms with Gasteiger partial charge >= 0.3 is 5.95 Å². The van der Waals surface area contributed by atoms with E-state index in [9.17, 15) is 10.4 Å². The van der Waals surface area contributed by atoms with Crippen molar-refractivity contribution >= 4 is 28.4 Å². The van der Waals surface area contributed by atoms with Crippen LogP contribution < -0.4 is 20.7 Å². The molecule has 0 unspecified atom stereocenters. The molecule has 20 heavy (non-hydrogen) atoms. The second-order valence-corrected chi connectivity index (χ2v) is 4.41. The summed E-state index contributed by atoms with van der Waals surface area (Å²) >= 11 is 0. The minimum Gasteiger partial charge on any atom is -0.740 e. The van der Waals surface area contributed by atoms with Crippen molar-refractivity contribution in [2.45, 2.75) is 20.8 Å². The normalized spacial score (nSPS) is 10.8. The van der Waals surface area contributed by atoms with Gasteiger partial charge in [-0.25, -0.2) is 4.73 Å². The fourth-order valence-corrected chi connectivity index (χ4v) is 2.20. The molecule has 0 bridgehead atoms. The maximum absolute atomic E-state index is 12.2. The van der Waals surface area contributed by atoms with Crippen LogP contribution in [0.1, 0.15) is 20.8 Å². The van der Waals surface area contributed by atoms with E-state index in [4.69, 9.17) is 0 Å². The topological polar surface area (TPSA) is 88.2 Å². The summed E-state index contributed by atoms with van der Waals surface area (Å²) < 4.78 is 1.60. The molecule has 0 saturated carbocycles. The first kappa shape index (κ1) is 14.1. The predicted molar refractivity (Wildman–Crippen MR) is 80.6 cm³/mol. The molecule has 0 saturated heterocycles. The number of nitrogens with zero attached hydrogens (tertiary/aromatic N) is 2. The highest BCUT2D eigenvalue weighted by atomic mass is 16.5.